The molecule has 0 fully saturated rings. The van der Waals surface area contributed by atoms with Gasteiger partial charge in [-0.3, -0.25) is 48.6 Å². The van der Waals surface area contributed by atoms with Crippen LogP contribution in [0.15, 0.2) is 107 Å². The van der Waals surface area contributed by atoms with Crippen molar-refractivity contribution in [2.45, 2.75) is 9.79 Å². The Kier molecular flexibility index (Phi) is 15.3. The maximum Gasteiger partial charge on any atom is 0.237 e. The van der Waals surface area contributed by atoms with Gasteiger partial charge in [-0.25, -0.2) is 30.8 Å². The van der Waals surface area contributed by atoms with Crippen LogP contribution in [0.5, 0.6) is 0 Å². The molecule has 0 saturated heterocycles. The monoisotopic (exact) mass is 779 g/mol. The topological polar surface area (TPSA) is 94.3 Å². The van der Waals surface area contributed by atoms with Gasteiger partial charge in [-0.05, 0) is 24.3 Å². The first-order valence-corrected chi connectivity index (χ1v) is 15.5. The van der Waals surface area contributed by atoms with Gasteiger partial charge >= 0.3 is 0 Å². The average molecular weight is 780 g/mol. The summed E-state index contributed by atoms with van der Waals surface area (Å²) in [5.41, 5.74) is 3.48. The van der Waals surface area contributed by atoms with Crippen LogP contribution in [0, 0.1) is 38.0 Å². The Morgan fingerprint density at radius 1 is 0.500 bits per heavy atom. The number of hydrogen-bond donors (Lipinski definition) is 1. The van der Waals surface area contributed by atoms with Crippen molar-refractivity contribution in [2.75, 3.05) is 6.26 Å². The summed E-state index contributed by atoms with van der Waals surface area (Å²) in [6.45, 7) is 23.8. The van der Waals surface area contributed by atoms with Crippen LogP contribution >= 0.6 is 0 Å². The molecule has 0 bridgehead atoms. The second-order valence-corrected chi connectivity index (χ2v) is 12.6. The van der Waals surface area contributed by atoms with E-state index in [9.17, 15) is 25.6 Å². The summed E-state index contributed by atoms with van der Waals surface area (Å²) < 4.78 is 70.9. The smallest absolute Gasteiger partial charge is 0.237 e. The van der Waals surface area contributed by atoms with E-state index < -0.39 is 19.9 Å². The Bertz CT molecular complexity index is 1730. The largest absolute Gasteiger partial charge is 0.298 e. The van der Waals surface area contributed by atoms with Crippen molar-refractivity contribution >= 4 is 42.2 Å². The van der Waals surface area contributed by atoms with Gasteiger partial charge in [0.2, 0.25) is 10.0 Å². The number of hydrogen-bond acceptors (Lipinski definition) is 4. The van der Waals surface area contributed by atoms with E-state index in [-0.39, 0.29) is 98.0 Å². The summed E-state index contributed by atoms with van der Waals surface area (Å²) in [6, 6.07) is 23.0. The molecule has 5 nitrogen and oxygen atoms in total. The first-order chi connectivity index (χ1) is 19.6. The predicted molar refractivity (Wildman–Crippen MR) is 161 cm³/mol. The molecule has 0 aromatic heterocycles. The minimum absolute atomic E-state index is 0. The first-order valence-electron chi connectivity index (χ1n) is 12.0. The molecule has 0 heterocycles. The summed E-state index contributed by atoms with van der Waals surface area (Å²) in [7, 11) is -7.00. The SMILES string of the molecule is [CH-]=C(C(=[CH-])c1ccc(S(C)(=O)=O)cc1)c1ccc(F)cc1.[CH-]=C(C(=[CH-])c1ccc(S(N)(=O)=O)cc1)c1ccc(F)cc1.[Y].[Y]. The van der Waals surface area contributed by atoms with Gasteiger partial charge in [0.15, 0.2) is 9.84 Å². The summed E-state index contributed by atoms with van der Waals surface area (Å²) in [6.07, 6.45) is 1.13. The van der Waals surface area contributed by atoms with E-state index in [1.54, 1.807) is 12.1 Å². The van der Waals surface area contributed by atoms with Gasteiger partial charge in [-0.1, -0.05) is 24.3 Å². The number of primary sulfonamides is 1. The molecule has 2 N–H and O–H groups in total. The second-order valence-electron chi connectivity index (χ2n) is 9.03. The van der Waals surface area contributed by atoms with E-state index in [2.05, 4.69) is 0 Å². The molecule has 0 saturated carbocycles. The van der Waals surface area contributed by atoms with Gasteiger partial charge in [0.1, 0.15) is 11.6 Å². The molecule has 0 amide bonds. The van der Waals surface area contributed by atoms with Gasteiger partial charge in [-0.2, -0.15) is 22.3 Å². The van der Waals surface area contributed by atoms with E-state index >= 15 is 0 Å². The van der Waals surface area contributed by atoms with Gasteiger partial charge in [0.05, 0.1) is 9.79 Å². The molecular formula is C33H25F2NO4S2Y2-4. The molecule has 44 heavy (non-hydrogen) atoms. The van der Waals surface area contributed by atoms with Crippen molar-refractivity contribution in [2.24, 2.45) is 5.14 Å². The van der Waals surface area contributed by atoms with Crippen LogP contribution in [-0.4, -0.2) is 23.1 Å². The Balaban J connectivity index is 0.000000421. The van der Waals surface area contributed by atoms with Crippen LogP contribution in [0.2, 0.25) is 0 Å². The minimum Gasteiger partial charge on any atom is -0.298 e. The second kappa shape index (κ2) is 16.9. The van der Waals surface area contributed by atoms with E-state index in [1.807, 2.05) is 0 Å². The molecule has 4 aromatic rings. The third kappa shape index (κ3) is 11.0. The zero-order valence-electron chi connectivity index (χ0n) is 23.5. The fourth-order valence-corrected chi connectivity index (χ4v) is 4.73. The van der Waals surface area contributed by atoms with Crippen LogP contribution in [0.4, 0.5) is 8.78 Å². The summed E-state index contributed by atoms with van der Waals surface area (Å²) >= 11 is 0. The average Bonchev–Trinajstić information content (AvgIpc) is 2.96. The van der Waals surface area contributed by atoms with Gasteiger partial charge in [0.25, 0.3) is 0 Å². The van der Waals surface area contributed by atoms with Crippen molar-refractivity contribution in [3.63, 3.8) is 0 Å². The van der Waals surface area contributed by atoms with Crippen LogP contribution in [0.3, 0.4) is 0 Å². The number of benzene rings is 4. The van der Waals surface area contributed by atoms with Gasteiger partial charge in [0, 0.05) is 71.7 Å². The maximum absolute atomic E-state index is 12.9. The van der Waals surface area contributed by atoms with Crippen molar-refractivity contribution in [1.82, 2.24) is 0 Å². The number of allylic oxidation sites excluding steroid dienone is 4. The third-order valence-electron chi connectivity index (χ3n) is 5.98. The van der Waals surface area contributed by atoms with E-state index in [0.717, 1.165) is 6.26 Å². The van der Waals surface area contributed by atoms with Gasteiger partial charge in [-0.15, -0.1) is 48.5 Å². The zero-order valence-corrected chi connectivity index (χ0v) is 30.8. The standard InChI is InChI=1S/C17H13FO2S.C16H12FNO2S.2Y/c1-12(14-4-8-16(18)9-5-14)13(2)15-6-10-17(11-7-15)21(3,19)20;1-11(13-3-7-15(17)8-4-13)12(2)14-5-9-16(10-6-14)21(18,19)20;;/h1-2,4-11H,3H3;1-10H,(H2,18,19,20);;/q2*-2;;. The van der Waals surface area contributed by atoms with Crippen molar-refractivity contribution in [3.8, 4) is 0 Å². The summed E-state index contributed by atoms with van der Waals surface area (Å²) in [4.78, 5) is 0.193. The summed E-state index contributed by atoms with van der Waals surface area (Å²) in [5.74, 6) is -0.731. The van der Waals surface area contributed by atoms with E-state index in [0.29, 0.717) is 33.4 Å². The molecule has 0 atom stereocenters. The Labute approximate surface area is 308 Å². The Morgan fingerprint density at radius 3 is 0.955 bits per heavy atom. The molecule has 0 aliphatic heterocycles. The van der Waals surface area contributed by atoms with E-state index in [4.69, 9.17) is 31.5 Å². The van der Waals surface area contributed by atoms with Crippen molar-refractivity contribution in [3.05, 3.63) is 157 Å². The van der Waals surface area contributed by atoms with Gasteiger partial charge < -0.3 is 0 Å². The molecule has 11 heteroatoms. The Morgan fingerprint density at radius 2 is 0.727 bits per heavy atom. The number of halogens is 2. The minimum atomic E-state index is -3.75. The quantitative estimate of drug-likeness (QED) is 0.167. The number of nitrogens with two attached hydrogens (primary N) is 1. The van der Waals surface area contributed by atoms with Crippen molar-refractivity contribution in [1.29, 1.82) is 0 Å². The van der Waals surface area contributed by atoms with Crippen LogP contribution in [0.1, 0.15) is 22.3 Å². The number of rotatable bonds is 8. The van der Waals surface area contributed by atoms with Crippen molar-refractivity contribution < 1.29 is 91.0 Å². The maximum atomic E-state index is 12.9. The third-order valence-corrected chi connectivity index (χ3v) is 8.04. The normalized spacial score (nSPS) is 10.6. The molecule has 0 unspecified atom stereocenters. The van der Waals surface area contributed by atoms with Crippen LogP contribution < -0.4 is 5.14 Å². The molecule has 4 aromatic carbocycles. The van der Waals surface area contributed by atoms with Crippen LogP contribution in [-0.2, 0) is 85.3 Å². The molecule has 0 spiro atoms. The molecular weight excluding hydrogens is 754 g/mol. The predicted octanol–water partition coefficient (Wildman–Crippen LogP) is 6.36. The molecule has 2 radical (unpaired) electrons. The number of sulfonamides is 1. The molecule has 4 rings (SSSR count). The number of sulfone groups is 1. The Hall–Kier alpha value is -2.23. The zero-order chi connectivity index (χ0) is 31.2. The molecule has 0 aliphatic carbocycles. The first kappa shape index (κ1) is 39.8. The van der Waals surface area contributed by atoms with E-state index in [1.165, 1.54) is 84.9 Å². The fourth-order valence-electron chi connectivity index (χ4n) is 3.59. The summed E-state index contributed by atoms with van der Waals surface area (Å²) in [5, 5.41) is 5.02. The van der Waals surface area contributed by atoms with Crippen LogP contribution in [0.25, 0.3) is 22.3 Å². The molecule has 0 aliphatic rings. The molecule has 222 valence electrons. The fraction of sp³-hybridized carbons (Fsp3) is 0.0303.